The van der Waals surface area contributed by atoms with Crippen molar-refractivity contribution in [2.75, 3.05) is 4.90 Å². The second-order valence-electron chi connectivity index (χ2n) is 13.7. The molecule has 0 unspecified atom stereocenters. The van der Waals surface area contributed by atoms with Crippen LogP contribution in [0.3, 0.4) is 0 Å². The van der Waals surface area contributed by atoms with Crippen LogP contribution in [0.1, 0.15) is 0 Å². The van der Waals surface area contributed by atoms with Gasteiger partial charge in [-0.25, -0.2) is 0 Å². The van der Waals surface area contributed by atoms with Crippen LogP contribution in [-0.2, 0) is 0 Å². The second kappa shape index (κ2) is 13.7. The molecule has 0 N–H and O–H groups in total. The van der Waals surface area contributed by atoms with Gasteiger partial charge in [0.1, 0.15) is 0 Å². The highest BCUT2D eigenvalue weighted by molar-refractivity contribution is 7.26. The van der Waals surface area contributed by atoms with Gasteiger partial charge in [0.15, 0.2) is 0 Å². The molecule has 1 aromatic heterocycles. The van der Waals surface area contributed by atoms with Crippen LogP contribution in [-0.4, -0.2) is 0 Å². The zero-order valence-corrected chi connectivity index (χ0v) is 30.4. The van der Waals surface area contributed by atoms with Crippen LogP contribution in [0.25, 0.3) is 75.5 Å². The van der Waals surface area contributed by atoms with E-state index in [0.717, 1.165) is 17.1 Å². The van der Waals surface area contributed by atoms with Crippen molar-refractivity contribution < 1.29 is 0 Å². The summed E-state index contributed by atoms with van der Waals surface area (Å²) in [6, 6.07) is 77.1. The molecule has 0 aliphatic heterocycles. The molecule has 0 atom stereocenters. The van der Waals surface area contributed by atoms with Gasteiger partial charge < -0.3 is 4.90 Å². The predicted molar refractivity (Wildman–Crippen MR) is 233 cm³/mol. The van der Waals surface area contributed by atoms with Gasteiger partial charge in [-0.05, 0) is 75.0 Å². The van der Waals surface area contributed by atoms with Crippen LogP contribution in [0.5, 0.6) is 0 Å². The van der Waals surface area contributed by atoms with Gasteiger partial charge >= 0.3 is 0 Å². The Morgan fingerprint density at radius 2 is 0.852 bits per heavy atom. The average Bonchev–Trinajstić information content (AvgIpc) is 3.64. The highest BCUT2D eigenvalue weighted by atomic mass is 32.1. The van der Waals surface area contributed by atoms with Crippen molar-refractivity contribution in [1.82, 2.24) is 0 Å². The molecule has 0 bridgehead atoms. The highest BCUT2D eigenvalue weighted by Gasteiger charge is 2.22. The van der Waals surface area contributed by atoms with E-state index in [2.05, 4.69) is 217 Å². The predicted octanol–water partition coefficient (Wildman–Crippen LogP) is 15.3. The van der Waals surface area contributed by atoms with Crippen LogP contribution >= 0.6 is 11.3 Å². The van der Waals surface area contributed by atoms with Crippen LogP contribution in [0.2, 0.25) is 0 Å². The first kappa shape index (κ1) is 32.0. The monoisotopic (exact) mass is 705 g/mol. The smallest absolute Gasteiger partial charge is 0.0540 e. The topological polar surface area (TPSA) is 3.24 Å². The van der Waals surface area contributed by atoms with Gasteiger partial charge in [-0.2, -0.15) is 0 Å². The van der Waals surface area contributed by atoms with Crippen molar-refractivity contribution >= 4 is 59.3 Å². The maximum atomic E-state index is 2.44. The molecule has 2 heteroatoms. The molecule has 54 heavy (non-hydrogen) atoms. The van der Waals surface area contributed by atoms with Crippen LogP contribution < -0.4 is 4.90 Å². The summed E-state index contributed by atoms with van der Waals surface area (Å²) in [7, 11) is 0. The molecule has 254 valence electrons. The first-order valence-corrected chi connectivity index (χ1v) is 19.2. The van der Waals surface area contributed by atoms with E-state index in [4.69, 9.17) is 0 Å². The molecule has 0 fully saturated rings. The van der Waals surface area contributed by atoms with E-state index in [-0.39, 0.29) is 0 Å². The third-order valence-electron chi connectivity index (χ3n) is 10.5. The number of anilines is 3. The van der Waals surface area contributed by atoms with E-state index >= 15 is 0 Å². The minimum absolute atomic E-state index is 1.10. The van der Waals surface area contributed by atoms with Crippen molar-refractivity contribution in [3.05, 3.63) is 212 Å². The number of para-hydroxylation sites is 2. The van der Waals surface area contributed by atoms with E-state index in [9.17, 15) is 0 Å². The Labute approximate surface area is 319 Å². The molecule has 0 saturated carbocycles. The first-order valence-electron chi connectivity index (χ1n) is 18.4. The van der Waals surface area contributed by atoms with E-state index in [1.165, 1.54) is 75.5 Å². The summed E-state index contributed by atoms with van der Waals surface area (Å²) in [4.78, 5) is 2.44. The molecule has 1 nitrogen and oxygen atoms in total. The van der Waals surface area contributed by atoms with Crippen LogP contribution in [0, 0.1) is 0 Å². The number of rotatable bonds is 7. The molecule has 10 rings (SSSR count). The Hall–Kier alpha value is -6.74. The van der Waals surface area contributed by atoms with Crippen LogP contribution in [0.15, 0.2) is 212 Å². The van der Waals surface area contributed by atoms with Crippen molar-refractivity contribution in [1.29, 1.82) is 0 Å². The van der Waals surface area contributed by atoms with Gasteiger partial charge in [-0.1, -0.05) is 176 Å². The molecule has 0 aliphatic rings. The lowest BCUT2D eigenvalue weighted by Crippen LogP contribution is -2.12. The number of fused-ring (bicyclic) bond motifs is 4. The maximum absolute atomic E-state index is 2.44. The van der Waals surface area contributed by atoms with Crippen molar-refractivity contribution in [2.45, 2.75) is 0 Å². The molecule has 0 amide bonds. The average molecular weight is 706 g/mol. The van der Waals surface area contributed by atoms with Crippen molar-refractivity contribution in [3.63, 3.8) is 0 Å². The lowest BCUT2D eigenvalue weighted by molar-refractivity contribution is 1.28. The van der Waals surface area contributed by atoms with Crippen molar-refractivity contribution in [2.24, 2.45) is 0 Å². The lowest BCUT2D eigenvalue weighted by Gasteiger charge is -2.30. The third-order valence-corrected chi connectivity index (χ3v) is 11.7. The van der Waals surface area contributed by atoms with Gasteiger partial charge in [0.05, 0.1) is 11.4 Å². The Balaban J connectivity index is 1.09. The van der Waals surface area contributed by atoms with Gasteiger partial charge in [-0.3, -0.25) is 0 Å². The highest BCUT2D eigenvalue weighted by Crippen LogP contribution is 2.48. The van der Waals surface area contributed by atoms with E-state index < -0.39 is 0 Å². The molecular weight excluding hydrogens is 671 g/mol. The fourth-order valence-corrected chi connectivity index (χ4v) is 9.05. The fourth-order valence-electron chi connectivity index (χ4n) is 7.82. The zero-order valence-electron chi connectivity index (χ0n) is 29.6. The Kier molecular flexibility index (Phi) is 8.09. The van der Waals surface area contributed by atoms with Gasteiger partial charge in [0.2, 0.25) is 0 Å². The molecule has 0 spiro atoms. The van der Waals surface area contributed by atoms with Crippen LogP contribution in [0.4, 0.5) is 17.1 Å². The van der Waals surface area contributed by atoms with E-state index in [1.807, 2.05) is 11.3 Å². The number of hydrogen-bond donors (Lipinski definition) is 0. The number of thiophene rings is 1. The van der Waals surface area contributed by atoms with Gasteiger partial charge in [0.25, 0.3) is 0 Å². The summed E-state index contributed by atoms with van der Waals surface area (Å²) >= 11 is 1.88. The molecule has 1 heterocycles. The normalized spacial score (nSPS) is 11.3. The SMILES string of the molecule is c1ccc(-c2ccccc2N(c2ccc(-c3ccc(-c4ccc5ccccc5c4)cc3)cc2)c2ccccc2-c2cccc3c2sc2ccccc23)cc1. The maximum Gasteiger partial charge on any atom is 0.0540 e. The minimum Gasteiger partial charge on any atom is -0.309 e. The zero-order chi connectivity index (χ0) is 35.8. The van der Waals surface area contributed by atoms with Gasteiger partial charge in [-0.15, -0.1) is 11.3 Å². The lowest BCUT2D eigenvalue weighted by atomic mass is 9.97. The number of nitrogens with zero attached hydrogens (tertiary/aromatic N) is 1. The fraction of sp³-hybridized carbons (Fsp3) is 0. The second-order valence-corrected chi connectivity index (χ2v) is 14.8. The summed E-state index contributed by atoms with van der Waals surface area (Å²) in [6.45, 7) is 0. The molecule has 0 radical (unpaired) electrons. The third kappa shape index (κ3) is 5.74. The van der Waals surface area contributed by atoms with Gasteiger partial charge in [0, 0.05) is 42.6 Å². The summed E-state index contributed by atoms with van der Waals surface area (Å²) in [6.07, 6.45) is 0. The standard InChI is InChI=1S/C52H35NS/c1-2-14-40(15-3-1)44-17-6-9-22-49(44)53(50-23-10-7-18-45(50)47-20-12-21-48-46-19-8-11-24-51(46)54-52(47)48)43-33-31-38(32-34-43)37-25-27-39(28-26-37)42-30-29-36-13-4-5-16-41(36)35-42/h1-35H. The largest absolute Gasteiger partial charge is 0.309 e. The van der Waals surface area contributed by atoms with E-state index in [1.54, 1.807) is 0 Å². The molecular formula is C52H35NS. The Bertz CT molecular complexity index is 2920. The summed E-state index contributed by atoms with van der Waals surface area (Å²) in [5.41, 5.74) is 13.0. The number of benzene rings is 9. The molecule has 10 aromatic rings. The Morgan fingerprint density at radius 3 is 1.63 bits per heavy atom. The first-order chi connectivity index (χ1) is 26.8. The summed E-state index contributed by atoms with van der Waals surface area (Å²) < 4.78 is 2.62. The summed E-state index contributed by atoms with van der Waals surface area (Å²) in [5, 5.41) is 5.13. The molecule has 9 aromatic carbocycles. The minimum atomic E-state index is 1.10. The Morgan fingerprint density at radius 1 is 0.315 bits per heavy atom. The summed E-state index contributed by atoms with van der Waals surface area (Å²) in [5.74, 6) is 0. The number of hydrogen-bond acceptors (Lipinski definition) is 2. The molecule has 0 saturated heterocycles. The quantitative estimate of drug-likeness (QED) is 0.160. The van der Waals surface area contributed by atoms with Crippen molar-refractivity contribution in [3.8, 4) is 44.5 Å². The van der Waals surface area contributed by atoms with E-state index in [0.29, 0.717) is 0 Å². The molecule has 0 aliphatic carbocycles.